The monoisotopic (exact) mass is 616 g/mol. The quantitative estimate of drug-likeness (QED) is 0.338. The first-order valence-electron chi connectivity index (χ1n) is 16.4. The molecule has 1 aromatic carbocycles. The van der Waals surface area contributed by atoms with E-state index in [-0.39, 0.29) is 43.4 Å². The van der Waals surface area contributed by atoms with Gasteiger partial charge in [-0.1, -0.05) is 43.2 Å². The summed E-state index contributed by atoms with van der Waals surface area (Å²) in [6.45, 7) is 5.60. The maximum absolute atomic E-state index is 14.4. The van der Waals surface area contributed by atoms with E-state index < -0.39 is 40.5 Å². The zero-order valence-corrected chi connectivity index (χ0v) is 26.5. The standard InChI is InChI=1S/C36H44N2O7/c1-34(2,3)45-31(40)17-23-11-7-5-4-6-8-12-24-18-36(24,33(42)43)20-29(39)28-19-35(22-38(28)32(23)41)16-15-26-25-13-9-10-14-27(25)37-21-30(26)44-35/h8-10,12-14,21,23-24,28H,4-7,11,15-20,22H2,1-3H3,(H,42,43)/b12-8-/t23-,24-,28+,35-,36-/m1/s1. The van der Waals surface area contributed by atoms with E-state index >= 15 is 0 Å². The van der Waals surface area contributed by atoms with E-state index in [4.69, 9.17) is 9.47 Å². The summed E-state index contributed by atoms with van der Waals surface area (Å²) in [5.41, 5.74) is -0.688. The topological polar surface area (TPSA) is 123 Å². The third-order valence-corrected chi connectivity index (χ3v) is 10.1. The normalized spacial score (nSPS) is 31.2. The molecule has 5 atom stereocenters. The summed E-state index contributed by atoms with van der Waals surface area (Å²) in [5.74, 6) is -2.10. The van der Waals surface area contributed by atoms with Crippen LogP contribution in [-0.2, 0) is 30.3 Å². The zero-order valence-electron chi connectivity index (χ0n) is 26.5. The molecule has 1 aromatic heterocycles. The number of nitrogens with zero attached hydrogens (tertiary/aromatic N) is 2. The predicted molar refractivity (Wildman–Crippen MR) is 168 cm³/mol. The van der Waals surface area contributed by atoms with Gasteiger partial charge in [-0.3, -0.25) is 24.2 Å². The van der Waals surface area contributed by atoms with Crippen LogP contribution in [0.25, 0.3) is 10.9 Å². The molecule has 2 aromatic rings. The number of benzene rings is 1. The molecule has 4 heterocycles. The van der Waals surface area contributed by atoms with E-state index in [1.54, 1.807) is 31.9 Å². The predicted octanol–water partition coefficient (Wildman–Crippen LogP) is 5.82. The molecule has 9 heteroatoms. The van der Waals surface area contributed by atoms with Gasteiger partial charge in [0.2, 0.25) is 5.91 Å². The first-order chi connectivity index (χ1) is 21.4. The fourth-order valence-corrected chi connectivity index (χ4v) is 7.65. The van der Waals surface area contributed by atoms with Crippen LogP contribution in [0, 0.1) is 17.3 Å². The number of aliphatic carboxylic acids is 1. The number of allylic oxidation sites excluding steroid dienone is 2. The van der Waals surface area contributed by atoms with Crippen LogP contribution in [-0.4, -0.2) is 62.4 Å². The van der Waals surface area contributed by atoms with Crippen molar-refractivity contribution in [2.24, 2.45) is 17.3 Å². The Morgan fingerprint density at radius 3 is 2.71 bits per heavy atom. The molecular weight excluding hydrogens is 572 g/mol. The molecule has 240 valence electrons. The third-order valence-electron chi connectivity index (χ3n) is 10.1. The Morgan fingerprint density at radius 1 is 1.13 bits per heavy atom. The lowest BCUT2D eigenvalue weighted by atomic mass is 9.85. The largest absolute Gasteiger partial charge is 0.483 e. The molecule has 9 nitrogen and oxygen atoms in total. The molecular formula is C36H44N2O7. The minimum Gasteiger partial charge on any atom is -0.483 e. The molecule has 0 radical (unpaired) electrons. The first kappa shape index (κ1) is 31.2. The maximum Gasteiger partial charge on any atom is 0.310 e. The second-order valence-electron chi connectivity index (χ2n) is 14.6. The number of esters is 1. The van der Waals surface area contributed by atoms with Crippen molar-refractivity contribution in [3.05, 3.63) is 48.2 Å². The van der Waals surface area contributed by atoms with Crippen LogP contribution in [0.2, 0.25) is 0 Å². The van der Waals surface area contributed by atoms with Crippen molar-refractivity contribution in [2.45, 2.75) is 109 Å². The number of carboxylic acids is 1. The van der Waals surface area contributed by atoms with Crippen molar-refractivity contribution in [2.75, 3.05) is 6.54 Å². The second kappa shape index (κ2) is 11.9. The summed E-state index contributed by atoms with van der Waals surface area (Å²) in [7, 11) is 0. The number of aromatic nitrogens is 1. The zero-order chi connectivity index (χ0) is 32.0. The number of amides is 1. The van der Waals surface area contributed by atoms with Crippen LogP contribution in [0.3, 0.4) is 0 Å². The van der Waals surface area contributed by atoms with Crippen molar-refractivity contribution in [1.82, 2.24) is 9.88 Å². The summed E-state index contributed by atoms with van der Waals surface area (Å²) in [6.07, 6.45) is 11.4. The van der Waals surface area contributed by atoms with Gasteiger partial charge in [0.1, 0.15) is 17.0 Å². The first-order valence-corrected chi connectivity index (χ1v) is 16.4. The highest BCUT2D eigenvalue weighted by molar-refractivity contribution is 5.95. The van der Waals surface area contributed by atoms with Crippen LogP contribution in [0.5, 0.6) is 5.75 Å². The average molecular weight is 617 g/mol. The van der Waals surface area contributed by atoms with Gasteiger partial charge in [-0.15, -0.1) is 0 Å². The number of ether oxygens (including phenoxy) is 2. The molecule has 45 heavy (non-hydrogen) atoms. The number of hydrogen-bond donors (Lipinski definition) is 1. The van der Waals surface area contributed by atoms with Crippen molar-refractivity contribution in [1.29, 1.82) is 0 Å². The van der Waals surface area contributed by atoms with Gasteiger partial charge in [0, 0.05) is 29.7 Å². The number of Topliss-reactive ketones (excluding diaryl/α,β-unsaturated/α-hetero) is 1. The van der Waals surface area contributed by atoms with Gasteiger partial charge in [-0.05, 0) is 71.3 Å². The molecule has 1 aliphatic carbocycles. The Bertz CT molecular complexity index is 1540. The van der Waals surface area contributed by atoms with Crippen LogP contribution in [0.4, 0.5) is 0 Å². The Labute approximate surface area is 264 Å². The number of para-hydroxylation sites is 1. The lowest BCUT2D eigenvalue weighted by Crippen LogP contribution is -2.47. The van der Waals surface area contributed by atoms with Gasteiger partial charge in [0.15, 0.2) is 5.78 Å². The van der Waals surface area contributed by atoms with Crippen LogP contribution in [0.1, 0.15) is 90.5 Å². The number of carbonyl (C=O) groups is 4. The minimum absolute atomic E-state index is 0.0683. The molecule has 1 saturated carbocycles. The van der Waals surface area contributed by atoms with E-state index in [1.807, 2.05) is 36.4 Å². The summed E-state index contributed by atoms with van der Waals surface area (Å²) >= 11 is 0. The van der Waals surface area contributed by atoms with Crippen molar-refractivity contribution >= 4 is 34.5 Å². The van der Waals surface area contributed by atoms with Gasteiger partial charge in [0.25, 0.3) is 0 Å². The Morgan fingerprint density at radius 2 is 1.93 bits per heavy atom. The smallest absolute Gasteiger partial charge is 0.310 e. The van der Waals surface area contributed by atoms with E-state index in [1.165, 1.54) is 0 Å². The molecule has 0 unspecified atom stereocenters. The molecule has 1 N–H and O–H groups in total. The number of aryl methyl sites for hydroxylation is 1. The molecule has 6 rings (SSSR count). The lowest BCUT2D eigenvalue weighted by Gasteiger charge is -2.36. The number of carbonyl (C=O) groups excluding carboxylic acids is 3. The number of rotatable bonds is 3. The minimum atomic E-state index is -1.14. The average Bonchev–Trinajstić information content (AvgIpc) is 3.56. The highest BCUT2D eigenvalue weighted by atomic mass is 16.6. The molecule has 4 aliphatic rings. The van der Waals surface area contributed by atoms with E-state index in [9.17, 15) is 24.3 Å². The highest BCUT2D eigenvalue weighted by Crippen LogP contribution is 2.57. The van der Waals surface area contributed by atoms with E-state index in [0.717, 1.165) is 42.1 Å². The number of pyridine rings is 1. The van der Waals surface area contributed by atoms with Crippen molar-refractivity contribution in [3.8, 4) is 5.75 Å². The fraction of sp³-hybridized carbons (Fsp3) is 0.583. The molecule has 3 aliphatic heterocycles. The summed E-state index contributed by atoms with van der Waals surface area (Å²) in [4.78, 5) is 60.3. The van der Waals surface area contributed by atoms with Gasteiger partial charge >= 0.3 is 11.9 Å². The SMILES string of the molecule is CC(C)(C)OC(=O)C[C@H]1CCCCC/C=C\[C@@H]2C[C@@]2(C(=O)O)CC(=O)[C@@H]2C[C@]3(CCc4c(cnc5ccccc45)O3)CN2C1=O. The van der Waals surface area contributed by atoms with Crippen molar-refractivity contribution < 1.29 is 33.8 Å². The van der Waals surface area contributed by atoms with Crippen molar-refractivity contribution in [3.63, 3.8) is 0 Å². The molecule has 1 saturated heterocycles. The number of hydrogen-bond acceptors (Lipinski definition) is 7. The Kier molecular flexibility index (Phi) is 8.25. The molecule has 0 bridgehead atoms. The van der Waals surface area contributed by atoms with E-state index in [0.29, 0.717) is 31.4 Å². The Balaban J connectivity index is 1.33. The van der Waals surface area contributed by atoms with Gasteiger partial charge < -0.3 is 19.5 Å². The van der Waals surface area contributed by atoms with Gasteiger partial charge in [0.05, 0.1) is 36.1 Å². The number of carboxylic acid groups (broad SMARTS) is 1. The highest BCUT2D eigenvalue weighted by Gasteiger charge is 2.62. The summed E-state index contributed by atoms with van der Waals surface area (Å²) in [5, 5.41) is 11.2. The summed E-state index contributed by atoms with van der Waals surface area (Å²) in [6, 6.07) is 7.08. The van der Waals surface area contributed by atoms with Crippen LogP contribution < -0.4 is 4.74 Å². The lowest BCUT2D eigenvalue weighted by molar-refractivity contribution is -0.159. The van der Waals surface area contributed by atoms with Gasteiger partial charge in [-0.2, -0.15) is 0 Å². The second-order valence-corrected chi connectivity index (χ2v) is 14.6. The fourth-order valence-electron chi connectivity index (χ4n) is 7.65. The van der Waals surface area contributed by atoms with Crippen LogP contribution >= 0.6 is 0 Å². The Hall–Kier alpha value is -3.75. The number of fused-ring (bicyclic) bond motifs is 5. The third kappa shape index (κ3) is 6.36. The summed E-state index contributed by atoms with van der Waals surface area (Å²) < 4.78 is 12.3. The van der Waals surface area contributed by atoms with E-state index in [2.05, 4.69) is 4.98 Å². The molecule has 1 spiro atoms. The maximum atomic E-state index is 14.4. The molecule has 1 amide bonds. The van der Waals surface area contributed by atoms with Gasteiger partial charge in [-0.25, -0.2) is 0 Å². The van der Waals surface area contributed by atoms with Crippen LogP contribution in [0.15, 0.2) is 42.6 Å². The number of ketones is 1. The molecule has 2 fully saturated rings.